The number of fused-ring (bicyclic) bond motifs is 3. The van der Waals surface area contributed by atoms with Crippen molar-refractivity contribution in [3.8, 4) is 0 Å². The SMILES string of the molecule is CC1CCc2c(sc3nc(C(C)Sc4nnc(Cc5cccs5)n4C4CC4)[nH]c(=O)c23)C1. The van der Waals surface area contributed by atoms with Gasteiger partial charge in [0.1, 0.15) is 16.5 Å². The van der Waals surface area contributed by atoms with Gasteiger partial charge in [-0.15, -0.1) is 32.9 Å². The lowest BCUT2D eigenvalue weighted by Gasteiger charge is -2.17. The molecule has 2 aliphatic rings. The molecule has 166 valence electrons. The van der Waals surface area contributed by atoms with Crippen molar-refractivity contribution in [2.45, 2.75) is 68.8 Å². The molecule has 0 aromatic carbocycles. The molecule has 32 heavy (non-hydrogen) atoms. The van der Waals surface area contributed by atoms with Crippen molar-refractivity contribution in [1.82, 2.24) is 24.7 Å². The van der Waals surface area contributed by atoms with Crippen molar-refractivity contribution in [3.05, 3.63) is 54.8 Å². The van der Waals surface area contributed by atoms with Gasteiger partial charge in [-0.05, 0) is 62.0 Å². The van der Waals surface area contributed by atoms with Crippen LogP contribution in [-0.4, -0.2) is 24.7 Å². The van der Waals surface area contributed by atoms with Crippen molar-refractivity contribution in [1.29, 1.82) is 0 Å². The fourth-order valence-electron chi connectivity index (χ4n) is 4.55. The minimum atomic E-state index is -0.0126. The molecule has 9 heteroatoms. The lowest BCUT2D eigenvalue weighted by molar-refractivity contribution is 0.509. The molecule has 6 rings (SSSR count). The van der Waals surface area contributed by atoms with Crippen molar-refractivity contribution in [2.24, 2.45) is 5.92 Å². The van der Waals surface area contributed by atoms with E-state index in [0.717, 1.165) is 52.7 Å². The largest absolute Gasteiger partial charge is 0.309 e. The number of aromatic amines is 1. The Balaban J connectivity index is 1.30. The molecule has 1 saturated carbocycles. The third-order valence-corrected chi connectivity index (χ3v) is 9.50. The van der Waals surface area contributed by atoms with Crippen LogP contribution >= 0.6 is 34.4 Å². The maximum Gasteiger partial charge on any atom is 0.259 e. The number of thioether (sulfide) groups is 1. The molecule has 0 bridgehead atoms. The number of aromatic nitrogens is 5. The molecule has 0 saturated heterocycles. The zero-order valence-electron chi connectivity index (χ0n) is 18.1. The average Bonchev–Trinajstić information content (AvgIpc) is 3.16. The predicted octanol–water partition coefficient (Wildman–Crippen LogP) is 5.54. The second kappa shape index (κ2) is 8.11. The first-order valence-corrected chi connectivity index (χ1v) is 13.8. The molecule has 0 amide bonds. The van der Waals surface area contributed by atoms with Gasteiger partial charge >= 0.3 is 0 Å². The van der Waals surface area contributed by atoms with Crippen LogP contribution in [0.3, 0.4) is 0 Å². The Morgan fingerprint density at radius 2 is 2.19 bits per heavy atom. The summed E-state index contributed by atoms with van der Waals surface area (Å²) in [5, 5.41) is 12.9. The van der Waals surface area contributed by atoms with Gasteiger partial charge in [0.15, 0.2) is 5.16 Å². The van der Waals surface area contributed by atoms with Gasteiger partial charge in [0, 0.05) is 22.2 Å². The standard InChI is InChI=1S/C23H25N5OS3/c1-12-5-8-16-17(10-12)32-22-19(16)21(29)24-20(25-22)13(2)31-23-27-26-18(28(23)14-6-7-14)11-15-4-3-9-30-15/h3-4,9,12-14H,5-8,10-11H2,1-2H3,(H,24,25,29). The maximum atomic E-state index is 13.0. The Hall–Kier alpha value is -1.97. The topological polar surface area (TPSA) is 76.5 Å². The van der Waals surface area contributed by atoms with Crippen LogP contribution in [0.5, 0.6) is 0 Å². The molecular formula is C23H25N5OS3. The van der Waals surface area contributed by atoms with Crippen molar-refractivity contribution in [3.63, 3.8) is 0 Å². The summed E-state index contributed by atoms with van der Waals surface area (Å²) in [5.74, 6) is 2.44. The summed E-state index contributed by atoms with van der Waals surface area (Å²) in [6.45, 7) is 4.38. The first-order chi connectivity index (χ1) is 15.6. The molecule has 2 aliphatic carbocycles. The molecule has 1 N–H and O–H groups in total. The van der Waals surface area contributed by atoms with E-state index in [9.17, 15) is 4.79 Å². The van der Waals surface area contributed by atoms with E-state index in [2.05, 4.69) is 51.1 Å². The van der Waals surface area contributed by atoms with E-state index in [1.54, 1.807) is 34.4 Å². The molecule has 2 atom stereocenters. The van der Waals surface area contributed by atoms with Gasteiger partial charge in [0.25, 0.3) is 5.56 Å². The Morgan fingerprint density at radius 1 is 1.31 bits per heavy atom. The van der Waals surface area contributed by atoms with E-state index in [1.165, 1.54) is 28.2 Å². The summed E-state index contributed by atoms with van der Waals surface area (Å²) in [7, 11) is 0. The quantitative estimate of drug-likeness (QED) is 0.364. The zero-order valence-corrected chi connectivity index (χ0v) is 20.6. The van der Waals surface area contributed by atoms with E-state index in [0.29, 0.717) is 12.0 Å². The number of nitrogens with zero attached hydrogens (tertiary/aromatic N) is 4. The monoisotopic (exact) mass is 483 g/mol. The zero-order chi connectivity index (χ0) is 21.8. The molecule has 1 fully saturated rings. The lowest BCUT2D eigenvalue weighted by Crippen LogP contribution is -2.15. The Morgan fingerprint density at radius 3 is 2.97 bits per heavy atom. The molecular weight excluding hydrogens is 458 g/mol. The van der Waals surface area contributed by atoms with Gasteiger partial charge in [-0.25, -0.2) is 4.98 Å². The van der Waals surface area contributed by atoms with E-state index in [-0.39, 0.29) is 10.8 Å². The highest BCUT2D eigenvalue weighted by Gasteiger charge is 2.31. The molecule has 4 aromatic rings. The second-order valence-corrected chi connectivity index (χ2v) is 12.4. The molecule has 4 heterocycles. The van der Waals surface area contributed by atoms with E-state index in [4.69, 9.17) is 4.98 Å². The van der Waals surface area contributed by atoms with Gasteiger partial charge in [-0.2, -0.15) is 0 Å². The highest BCUT2D eigenvalue weighted by atomic mass is 32.2. The summed E-state index contributed by atoms with van der Waals surface area (Å²) in [4.78, 5) is 24.5. The fraction of sp³-hybridized carbons (Fsp3) is 0.478. The average molecular weight is 484 g/mol. The minimum Gasteiger partial charge on any atom is -0.309 e. The summed E-state index contributed by atoms with van der Waals surface area (Å²) in [6.07, 6.45) is 6.37. The van der Waals surface area contributed by atoms with Crippen LogP contribution in [-0.2, 0) is 19.3 Å². The molecule has 0 spiro atoms. The molecule has 0 radical (unpaired) electrons. The highest BCUT2D eigenvalue weighted by Crippen LogP contribution is 2.42. The fourth-order valence-corrected chi connectivity index (χ4v) is 7.64. The smallest absolute Gasteiger partial charge is 0.259 e. The number of H-pyrrole nitrogens is 1. The van der Waals surface area contributed by atoms with Gasteiger partial charge in [0.2, 0.25) is 0 Å². The summed E-state index contributed by atoms with van der Waals surface area (Å²) in [5.41, 5.74) is 1.24. The Bertz CT molecular complexity index is 1330. The number of rotatable bonds is 6. The van der Waals surface area contributed by atoms with Crippen molar-refractivity contribution in [2.75, 3.05) is 0 Å². The molecule has 4 aromatic heterocycles. The van der Waals surface area contributed by atoms with Gasteiger partial charge in [-0.1, -0.05) is 24.8 Å². The summed E-state index contributed by atoms with van der Waals surface area (Å²) in [6, 6.07) is 4.73. The van der Waals surface area contributed by atoms with E-state index in [1.807, 2.05) is 0 Å². The lowest BCUT2D eigenvalue weighted by atomic mass is 9.89. The van der Waals surface area contributed by atoms with Crippen molar-refractivity contribution >= 4 is 44.7 Å². The molecule has 2 unspecified atom stereocenters. The van der Waals surface area contributed by atoms with Crippen LogP contribution in [0.2, 0.25) is 0 Å². The van der Waals surface area contributed by atoms with Crippen LogP contribution in [0.15, 0.2) is 27.5 Å². The van der Waals surface area contributed by atoms with E-state index < -0.39 is 0 Å². The van der Waals surface area contributed by atoms with Gasteiger partial charge in [0.05, 0.1) is 10.6 Å². The number of nitrogens with one attached hydrogen (secondary N) is 1. The number of hydrogen-bond donors (Lipinski definition) is 1. The summed E-state index contributed by atoms with van der Waals surface area (Å²) < 4.78 is 2.31. The third-order valence-electron chi connectivity index (χ3n) is 6.41. The van der Waals surface area contributed by atoms with Crippen LogP contribution in [0.1, 0.15) is 71.4 Å². The first kappa shape index (κ1) is 20.6. The van der Waals surface area contributed by atoms with Gasteiger partial charge < -0.3 is 9.55 Å². The summed E-state index contributed by atoms with van der Waals surface area (Å²) >= 11 is 5.11. The second-order valence-electron chi connectivity index (χ2n) is 9.00. The maximum absolute atomic E-state index is 13.0. The van der Waals surface area contributed by atoms with Crippen LogP contribution in [0.25, 0.3) is 10.2 Å². The van der Waals surface area contributed by atoms with Crippen molar-refractivity contribution < 1.29 is 0 Å². The molecule has 0 aliphatic heterocycles. The van der Waals surface area contributed by atoms with Crippen LogP contribution in [0, 0.1) is 5.92 Å². The Kier molecular flexibility index (Phi) is 5.23. The highest BCUT2D eigenvalue weighted by molar-refractivity contribution is 7.99. The Labute approximate surface area is 198 Å². The third kappa shape index (κ3) is 3.74. The minimum absolute atomic E-state index is 0.00606. The van der Waals surface area contributed by atoms with Crippen LogP contribution in [0.4, 0.5) is 0 Å². The number of thiophene rings is 2. The van der Waals surface area contributed by atoms with Crippen LogP contribution < -0.4 is 5.56 Å². The van der Waals surface area contributed by atoms with Gasteiger partial charge in [-0.3, -0.25) is 4.79 Å². The predicted molar refractivity (Wildman–Crippen MR) is 131 cm³/mol. The van der Waals surface area contributed by atoms with E-state index >= 15 is 0 Å². The molecule has 6 nitrogen and oxygen atoms in total. The first-order valence-electron chi connectivity index (χ1n) is 11.2. The normalized spacial score (nSPS) is 19.4. The number of hydrogen-bond acceptors (Lipinski definition) is 7. The number of aryl methyl sites for hydroxylation is 1.